The van der Waals surface area contributed by atoms with Gasteiger partial charge in [0.05, 0.1) is 11.1 Å². The van der Waals surface area contributed by atoms with Crippen LogP contribution >= 0.6 is 11.3 Å². The zero-order valence-corrected chi connectivity index (χ0v) is 10.5. The van der Waals surface area contributed by atoms with Crippen molar-refractivity contribution in [1.82, 2.24) is 4.98 Å². The summed E-state index contributed by atoms with van der Waals surface area (Å²) in [7, 11) is 0. The van der Waals surface area contributed by atoms with E-state index in [0.717, 1.165) is 30.2 Å². The fraction of sp³-hybridized carbons (Fsp3) is 0.727. The molecule has 0 spiro atoms. The summed E-state index contributed by atoms with van der Waals surface area (Å²) in [5, 5.41) is 3.17. The Morgan fingerprint density at radius 1 is 1.53 bits per heavy atom. The minimum atomic E-state index is 0.0560. The molecule has 2 atom stereocenters. The summed E-state index contributed by atoms with van der Waals surface area (Å²) in [5.74, 6) is 0. The summed E-state index contributed by atoms with van der Waals surface area (Å²) >= 11 is 1.68. The average Bonchev–Trinajstić information content (AvgIpc) is 2.60. The average molecular weight is 228 g/mol. The van der Waals surface area contributed by atoms with Crippen molar-refractivity contribution < 1.29 is 4.74 Å². The number of hydrogen-bond acceptors (Lipinski definition) is 4. The zero-order valence-electron chi connectivity index (χ0n) is 9.69. The predicted octanol–water partition coefficient (Wildman–Crippen LogP) is 2.14. The molecule has 15 heavy (non-hydrogen) atoms. The molecule has 0 aliphatic rings. The van der Waals surface area contributed by atoms with Crippen LogP contribution in [0.4, 0.5) is 0 Å². The van der Waals surface area contributed by atoms with Crippen LogP contribution in [0.2, 0.25) is 0 Å². The van der Waals surface area contributed by atoms with E-state index in [9.17, 15) is 0 Å². The molecular weight excluding hydrogens is 208 g/mol. The van der Waals surface area contributed by atoms with Gasteiger partial charge in [-0.2, -0.15) is 0 Å². The smallest absolute Gasteiger partial charge is 0.0944 e. The molecule has 2 N–H and O–H groups in total. The number of hydrogen-bond donors (Lipinski definition) is 1. The number of aryl methyl sites for hydroxylation is 1. The SMILES string of the molecule is CCOC(CC)C(N)Cc1nc(C)cs1. The summed E-state index contributed by atoms with van der Waals surface area (Å²) in [6.07, 6.45) is 1.93. The molecule has 0 amide bonds. The third kappa shape index (κ3) is 3.89. The van der Waals surface area contributed by atoms with Gasteiger partial charge in [0.15, 0.2) is 0 Å². The Morgan fingerprint density at radius 2 is 2.27 bits per heavy atom. The molecule has 0 fully saturated rings. The Kier molecular flexibility index (Phi) is 5.22. The largest absolute Gasteiger partial charge is 0.377 e. The lowest BCUT2D eigenvalue weighted by Gasteiger charge is -2.21. The maximum Gasteiger partial charge on any atom is 0.0944 e. The molecule has 0 aliphatic carbocycles. The Morgan fingerprint density at radius 3 is 2.73 bits per heavy atom. The molecule has 3 nitrogen and oxygen atoms in total. The highest BCUT2D eigenvalue weighted by molar-refractivity contribution is 7.09. The lowest BCUT2D eigenvalue weighted by atomic mass is 10.1. The fourth-order valence-electron chi connectivity index (χ4n) is 1.59. The molecule has 1 rings (SSSR count). The molecule has 0 saturated carbocycles. The van der Waals surface area contributed by atoms with Gasteiger partial charge in [0.1, 0.15) is 0 Å². The van der Waals surface area contributed by atoms with Crippen LogP contribution < -0.4 is 5.73 Å². The molecule has 0 radical (unpaired) electrons. The van der Waals surface area contributed by atoms with Crippen LogP contribution in [0.5, 0.6) is 0 Å². The molecule has 1 aromatic rings. The Hall–Kier alpha value is -0.450. The molecule has 4 heteroatoms. The first-order chi connectivity index (χ1) is 7.17. The van der Waals surface area contributed by atoms with Gasteiger partial charge < -0.3 is 10.5 Å². The second-order valence-corrected chi connectivity index (χ2v) is 4.60. The van der Waals surface area contributed by atoms with Crippen LogP contribution in [0.3, 0.4) is 0 Å². The maximum absolute atomic E-state index is 6.10. The summed E-state index contributed by atoms with van der Waals surface area (Å²) in [4.78, 5) is 4.41. The fourth-order valence-corrected chi connectivity index (χ4v) is 2.43. The number of thiazole rings is 1. The molecule has 86 valence electrons. The van der Waals surface area contributed by atoms with Crippen molar-refractivity contribution in [2.75, 3.05) is 6.61 Å². The van der Waals surface area contributed by atoms with Crippen LogP contribution in [0.1, 0.15) is 31.0 Å². The van der Waals surface area contributed by atoms with E-state index in [0.29, 0.717) is 0 Å². The Bertz CT molecular complexity index is 288. The van der Waals surface area contributed by atoms with Gasteiger partial charge in [-0.3, -0.25) is 0 Å². The summed E-state index contributed by atoms with van der Waals surface area (Å²) in [6, 6.07) is 0.0560. The molecule has 2 unspecified atom stereocenters. The van der Waals surface area contributed by atoms with E-state index in [1.165, 1.54) is 0 Å². The van der Waals surface area contributed by atoms with E-state index >= 15 is 0 Å². The number of rotatable bonds is 6. The quantitative estimate of drug-likeness (QED) is 0.811. The summed E-state index contributed by atoms with van der Waals surface area (Å²) in [5.41, 5.74) is 7.17. The Labute approximate surface area is 95.7 Å². The third-order valence-electron chi connectivity index (χ3n) is 2.34. The van der Waals surface area contributed by atoms with Gasteiger partial charge in [-0.05, 0) is 20.3 Å². The van der Waals surface area contributed by atoms with Gasteiger partial charge in [-0.15, -0.1) is 11.3 Å². The molecule has 1 heterocycles. The van der Waals surface area contributed by atoms with Crippen molar-refractivity contribution in [3.05, 3.63) is 16.1 Å². The topological polar surface area (TPSA) is 48.1 Å². The lowest BCUT2D eigenvalue weighted by Crippen LogP contribution is -2.38. The molecule has 0 aliphatic heterocycles. The van der Waals surface area contributed by atoms with Crippen molar-refractivity contribution in [2.45, 2.75) is 45.8 Å². The first-order valence-electron chi connectivity index (χ1n) is 5.45. The van der Waals surface area contributed by atoms with E-state index < -0.39 is 0 Å². The lowest BCUT2D eigenvalue weighted by molar-refractivity contribution is 0.0417. The van der Waals surface area contributed by atoms with E-state index in [-0.39, 0.29) is 12.1 Å². The van der Waals surface area contributed by atoms with Crippen molar-refractivity contribution in [3.63, 3.8) is 0 Å². The van der Waals surface area contributed by atoms with E-state index in [1.54, 1.807) is 11.3 Å². The first-order valence-corrected chi connectivity index (χ1v) is 6.33. The van der Waals surface area contributed by atoms with E-state index in [4.69, 9.17) is 10.5 Å². The monoisotopic (exact) mass is 228 g/mol. The number of ether oxygens (including phenoxy) is 1. The van der Waals surface area contributed by atoms with Crippen molar-refractivity contribution >= 4 is 11.3 Å². The van der Waals surface area contributed by atoms with Gasteiger partial charge >= 0.3 is 0 Å². The van der Waals surface area contributed by atoms with Crippen LogP contribution in [0.25, 0.3) is 0 Å². The van der Waals surface area contributed by atoms with Crippen LogP contribution in [-0.4, -0.2) is 23.7 Å². The molecule has 0 saturated heterocycles. The highest BCUT2D eigenvalue weighted by Crippen LogP contribution is 2.13. The molecule has 0 bridgehead atoms. The maximum atomic E-state index is 6.10. The summed E-state index contributed by atoms with van der Waals surface area (Å²) in [6.45, 7) is 6.84. The number of nitrogens with zero attached hydrogens (tertiary/aromatic N) is 1. The van der Waals surface area contributed by atoms with Gasteiger partial charge in [0.2, 0.25) is 0 Å². The van der Waals surface area contributed by atoms with Crippen molar-refractivity contribution in [1.29, 1.82) is 0 Å². The van der Waals surface area contributed by atoms with E-state index in [2.05, 4.69) is 17.3 Å². The molecule has 1 aromatic heterocycles. The second kappa shape index (κ2) is 6.20. The third-order valence-corrected chi connectivity index (χ3v) is 3.33. The van der Waals surface area contributed by atoms with Crippen molar-refractivity contribution in [3.8, 4) is 0 Å². The van der Waals surface area contributed by atoms with E-state index in [1.807, 2.05) is 13.8 Å². The highest BCUT2D eigenvalue weighted by Gasteiger charge is 2.17. The highest BCUT2D eigenvalue weighted by atomic mass is 32.1. The predicted molar refractivity (Wildman–Crippen MR) is 64.2 cm³/mol. The van der Waals surface area contributed by atoms with Gasteiger partial charge in [-0.25, -0.2) is 4.98 Å². The molecule has 0 aromatic carbocycles. The standard InChI is InChI=1S/C11H20N2OS/c1-4-10(14-5-2)9(12)6-11-13-8(3)7-15-11/h7,9-10H,4-6,12H2,1-3H3. The second-order valence-electron chi connectivity index (χ2n) is 3.65. The zero-order chi connectivity index (χ0) is 11.3. The molecular formula is C11H20N2OS. The van der Waals surface area contributed by atoms with Gasteiger partial charge in [0, 0.05) is 30.1 Å². The first kappa shape index (κ1) is 12.6. The Balaban J connectivity index is 2.49. The van der Waals surface area contributed by atoms with Gasteiger partial charge in [0.25, 0.3) is 0 Å². The van der Waals surface area contributed by atoms with Gasteiger partial charge in [-0.1, -0.05) is 6.92 Å². The summed E-state index contributed by atoms with van der Waals surface area (Å²) < 4.78 is 5.58. The minimum Gasteiger partial charge on any atom is -0.377 e. The number of nitrogens with two attached hydrogens (primary N) is 1. The van der Waals surface area contributed by atoms with Crippen molar-refractivity contribution in [2.24, 2.45) is 5.73 Å². The van der Waals surface area contributed by atoms with Crippen LogP contribution in [0.15, 0.2) is 5.38 Å². The minimum absolute atomic E-state index is 0.0560. The van der Waals surface area contributed by atoms with Crippen LogP contribution in [0, 0.1) is 6.92 Å². The normalized spacial score (nSPS) is 15.2. The number of aromatic nitrogens is 1. The van der Waals surface area contributed by atoms with Crippen LogP contribution in [-0.2, 0) is 11.2 Å².